The van der Waals surface area contributed by atoms with Gasteiger partial charge in [-0.15, -0.1) is 0 Å². The van der Waals surface area contributed by atoms with E-state index in [9.17, 15) is 4.79 Å². The molecule has 13 heavy (non-hydrogen) atoms. The first-order valence-corrected chi connectivity index (χ1v) is 4.70. The van der Waals surface area contributed by atoms with Crippen molar-refractivity contribution in [3.63, 3.8) is 0 Å². The Morgan fingerprint density at radius 3 is 2.46 bits per heavy atom. The number of likely N-dealkylation sites (N-methyl/N-ethyl adjacent to an activating group) is 1. The number of amides is 1. The van der Waals surface area contributed by atoms with Crippen LogP contribution in [0.25, 0.3) is 0 Å². The van der Waals surface area contributed by atoms with Crippen molar-refractivity contribution in [2.75, 3.05) is 26.8 Å². The lowest BCUT2D eigenvalue weighted by Gasteiger charge is -2.38. The maximum atomic E-state index is 11.6. The van der Waals surface area contributed by atoms with Gasteiger partial charge in [-0.2, -0.15) is 0 Å². The second kappa shape index (κ2) is 4.58. The monoisotopic (exact) mass is 186 g/mol. The van der Waals surface area contributed by atoms with Crippen molar-refractivity contribution < 1.29 is 9.53 Å². The van der Waals surface area contributed by atoms with Crippen LogP contribution in [0.3, 0.4) is 0 Å². The molecule has 0 radical (unpaired) electrons. The Morgan fingerprint density at radius 1 is 1.46 bits per heavy atom. The summed E-state index contributed by atoms with van der Waals surface area (Å²) in [6, 6.07) is 0.397. The topological polar surface area (TPSA) is 41.6 Å². The molecule has 1 N–H and O–H groups in total. The average molecular weight is 186 g/mol. The molecule has 0 aliphatic carbocycles. The third-order valence-electron chi connectivity index (χ3n) is 2.28. The molecule has 2 atom stereocenters. The molecule has 1 rings (SSSR count). The number of hydrogen-bond acceptors (Lipinski definition) is 3. The van der Waals surface area contributed by atoms with Gasteiger partial charge in [-0.1, -0.05) is 0 Å². The number of carbonyl (C=O) groups is 1. The maximum absolute atomic E-state index is 11.6. The highest BCUT2D eigenvalue weighted by Gasteiger charge is 2.28. The Bertz CT molecular complexity index is 174. The number of nitrogens with zero attached hydrogens (tertiary/aromatic N) is 1. The predicted octanol–water partition coefficient (Wildman–Crippen LogP) is -0.158. The van der Waals surface area contributed by atoms with Gasteiger partial charge < -0.3 is 15.0 Å². The van der Waals surface area contributed by atoms with E-state index in [1.807, 2.05) is 18.7 Å². The Labute approximate surface area is 79.2 Å². The van der Waals surface area contributed by atoms with E-state index in [-0.39, 0.29) is 18.0 Å². The van der Waals surface area contributed by atoms with Gasteiger partial charge >= 0.3 is 0 Å². The first-order valence-electron chi connectivity index (χ1n) is 4.70. The fourth-order valence-electron chi connectivity index (χ4n) is 1.74. The molecule has 0 aromatic heterocycles. The van der Waals surface area contributed by atoms with E-state index in [0.717, 1.165) is 0 Å². The molecule has 76 valence electrons. The molecule has 0 spiro atoms. The molecule has 1 aliphatic heterocycles. The van der Waals surface area contributed by atoms with Gasteiger partial charge in [-0.25, -0.2) is 0 Å². The summed E-state index contributed by atoms with van der Waals surface area (Å²) < 4.78 is 5.34. The normalized spacial score (nSPS) is 29.0. The molecule has 1 amide bonds. The summed E-state index contributed by atoms with van der Waals surface area (Å²) in [7, 11) is 1.79. The van der Waals surface area contributed by atoms with Gasteiger partial charge in [-0.05, 0) is 20.9 Å². The van der Waals surface area contributed by atoms with Gasteiger partial charge in [0, 0.05) is 0 Å². The van der Waals surface area contributed by atoms with Crippen LogP contribution in [0.5, 0.6) is 0 Å². The summed E-state index contributed by atoms with van der Waals surface area (Å²) in [6.07, 6.45) is 0. The third kappa shape index (κ3) is 2.42. The van der Waals surface area contributed by atoms with Gasteiger partial charge in [0.1, 0.15) is 0 Å². The molecule has 0 aromatic carbocycles. The number of morpholine rings is 1. The van der Waals surface area contributed by atoms with Crippen molar-refractivity contribution in [3.8, 4) is 0 Å². The average Bonchev–Trinajstić information content (AvgIpc) is 2.04. The molecule has 4 nitrogen and oxygen atoms in total. The highest BCUT2D eigenvalue weighted by atomic mass is 16.5. The zero-order valence-electron chi connectivity index (χ0n) is 8.54. The highest BCUT2D eigenvalue weighted by Crippen LogP contribution is 2.12. The quantitative estimate of drug-likeness (QED) is 0.651. The van der Waals surface area contributed by atoms with Crippen molar-refractivity contribution in [1.29, 1.82) is 0 Å². The summed E-state index contributed by atoms with van der Waals surface area (Å²) in [5.74, 6) is 0.158. The molecule has 0 bridgehead atoms. The zero-order valence-corrected chi connectivity index (χ0v) is 8.54. The van der Waals surface area contributed by atoms with Crippen LogP contribution < -0.4 is 5.32 Å². The fraction of sp³-hybridized carbons (Fsp3) is 0.889. The Kier molecular flexibility index (Phi) is 3.69. The number of ether oxygens (including phenoxy) is 1. The molecule has 1 fully saturated rings. The molecule has 4 heteroatoms. The SMILES string of the molecule is CNCC(=O)N1C(C)COCC1C. The second-order valence-electron chi connectivity index (χ2n) is 3.57. The molecular weight excluding hydrogens is 168 g/mol. The lowest BCUT2D eigenvalue weighted by Crippen LogP contribution is -2.54. The predicted molar refractivity (Wildman–Crippen MR) is 50.5 cm³/mol. The minimum absolute atomic E-state index is 0.158. The van der Waals surface area contributed by atoms with Crippen LogP contribution in [0, 0.1) is 0 Å². The van der Waals surface area contributed by atoms with Crippen LogP contribution in [0.15, 0.2) is 0 Å². The van der Waals surface area contributed by atoms with Crippen molar-refractivity contribution in [2.24, 2.45) is 0 Å². The minimum atomic E-state index is 0.158. The van der Waals surface area contributed by atoms with Gasteiger partial charge in [0.15, 0.2) is 0 Å². The maximum Gasteiger partial charge on any atom is 0.237 e. The van der Waals surface area contributed by atoms with E-state index in [1.165, 1.54) is 0 Å². The Morgan fingerprint density at radius 2 is 2.00 bits per heavy atom. The lowest BCUT2D eigenvalue weighted by molar-refractivity contribution is -0.142. The molecule has 0 aromatic rings. The first-order chi connectivity index (χ1) is 6.16. The summed E-state index contributed by atoms with van der Waals surface area (Å²) in [4.78, 5) is 13.5. The van der Waals surface area contributed by atoms with Crippen LogP contribution in [0.1, 0.15) is 13.8 Å². The number of carbonyl (C=O) groups excluding carboxylic acids is 1. The van der Waals surface area contributed by atoms with Crippen molar-refractivity contribution in [2.45, 2.75) is 25.9 Å². The van der Waals surface area contributed by atoms with Gasteiger partial charge in [0.2, 0.25) is 5.91 Å². The number of rotatable bonds is 2. The zero-order chi connectivity index (χ0) is 9.84. The van der Waals surface area contributed by atoms with Crippen LogP contribution in [-0.4, -0.2) is 49.7 Å². The number of hydrogen-bond donors (Lipinski definition) is 1. The van der Waals surface area contributed by atoms with E-state index >= 15 is 0 Å². The van der Waals surface area contributed by atoms with Crippen molar-refractivity contribution in [3.05, 3.63) is 0 Å². The van der Waals surface area contributed by atoms with Gasteiger partial charge in [-0.3, -0.25) is 4.79 Å². The van der Waals surface area contributed by atoms with Crippen LogP contribution in [0.4, 0.5) is 0 Å². The van der Waals surface area contributed by atoms with Crippen LogP contribution in [0.2, 0.25) is 0 Å². The third-order valence-corrected chi connectivity index (χ3v) is 2.28. The lowest BCUT2D eigenvalue weighted by atomic mass is 10.1. The summed E-state index contributed by atoms with van der Waals surface area (Å²) >= 11 is 0. The smallest absolute Gasteiger partial charge is 0.237 e. The summed E-state index contributed by atoms with van der Waals surface area (Å²) in [5.41, 5.74) is 0. The standard InChI is InChI=1S/C9H18N2O2/c1-7-5-13-6-8(2)11(7)9(12)4-10-3/h7-8,10H,4-6H2,1-3H3. The molecule has 1 heterocycles. The van der Waals surface area contributed by atoms with Crippen molar-refractivity contribution in [1.82, 2.24) is 10.2 Å². The Balaban J connectivity index is 2.57. The van der Waals surface area contributed by atoms with E-state index in [4.69, 9.17) is 4.74 Å². The molecular formula is C9H18N2O2. The van der Waals surface area contributed by atoms with E-state index < -0.39 is 0 Å². The number of nitrogens with one attached hydrogen (secondary N) is 1. The second-order valence-corrected chi connectivity index (χ2v) is 3.57. The van der Waals surface area contributed by atoms with Crippen molar-refractivity contribution >= 4 is 5.91 Å². The fourth-order valence-corrected chi connectivity index (χ4v) is 1.74. The Hall–Kier alpha value is -0.610. The van der Waals surface area contributed by atoms with Crippen LogP contribution >= 0.6 is 0 Å². The molecule has 1 aliphatic rings. The van der Waals surface area contributed by atoms with E-state index in [2.05, 4.69) is 5.32 Å². The van der Waals surface area contributed by atoms with E-state index in [0.29, 0.717) is 19.8 Å². The first kappa shape index (κ1) is 10.5. The summed E-state index contributed by atoms with van der Waals surface area (Å²) in [5, 5.41) is 2.87. The molecule has 2 unspecified atom stereocenters. The van der Waals surface area contributed by atoms with Gasteiger partial charge in [0.05, 0.1) is 31.8 Å². The molecule has 0 saturated carbocycles. The van der Waals surface area contributed by atoms with E-state index in [1.54, 1.807) is 7.05 Å². The minimum Gasteiger partial charge on any atom is -0.377 e. The largest absolute Gasteiger partial charge is 0.377 e. The van der Waals surface area contributed by atoms with Gasteiger partial charge in [0.25, 0.3) is 0 Å². The highest BCUT2D eigenvalue weighted by molar-refractivity contribution is 5.79. The molecule has 1 saturated heterocycles. The summed E-state index contributed by atoms with van der Waals surface area (Å²) in [6.45, 7) is 5.75. The van der Waals surface area contributed by atoms with Crippen LogP contribution in [-0.2, 0) is 9.53 Å².